The lowest BCUT2D eigenvalue weighted by molar-refractivity contribution is 1.18. The Morgan fingerprint density at radius 3 is 1.48 bits per heavy atom. The van der Waals surface area contributed by atoms with Gasteiger partial charge in [0, 0.05) is 53.7 Å². The normalized spacial score (nSPS) is 11.8. The summed E-state index contributed by atoms with van der Waals surface area (Å²) in [5.74, 6) is 0. The van der Waals surface area contributed by atoms with Crippen LogP contribution in [0.1, 0.15) is 0 Å². The molecule has 2 nitrogen and oxygen atoms in total. The van der Waals surface area contributed by atoms with Crippen LogP contribution in [0.4, 0.5) is 17.1 Å². The number of hydrogen-bond acceptors (Lipinski definition) is 2. The summed E-state index contributed by atoms with van der Waals surface area (Å²) in [6, 6.07) is 84.8. The van der Waals surface area contributed by atoms with E-state index in [4.69, 9.17) is 0 Å². The van der Waals surface area contributed by atoms with Gasteiger partial charge in [-0.3, -0.25) is 0 Å². The summed E-state index contributed by atoms with van der Waals surface area (Å²) in [4.78, 5) is 2.43. The zero-order chi connectivity index (χ0) is 41.4. The Labute approximate surface area is 368 Å². The zero-order valence-electron chi connectivity index (χ0n) is 34.2. The number of anilines is 3. The Balaban J connectivity index is 0.940. The van der Waals surface area contributed by atoms with Crippen molar-refractivity contribution in [2.45, 2.75) is 0 Å². The second-order valence-corrected chi connectivity index (χ2v) is 17.6. The highest BCUT2D eigenvalue weighted by molar-refractivity contribution is 7.25. The minimum atomic E-state index is 1.11. The minimum absolute atomic E-state index is 1.11. The summed E-state index contributed by atoms with van der Waals surface area (Å²) < 4.78 is 5.01. The molecule has 0 N–H and O–H groups in total. The standard InChI is InChI=1S/C60H38N2S/c1-2-12-39(13-3-1)40-22-29-44(30-23-40)62-57-20-10-8-18-52(57)55-36-42(26-34-58(55)62)41-24-27-43(28-25-41)61(46-32-35-60-56(38-46)53-19-9-11-21-59(53)63-60)45-31-33-51-49-16-5-4-14-47(49)48-15-6-7-17-50(48)54(51)37-45/h1-38H. The average molecular weight is 819 g/mol. The molecular formula is C60H38N2S. The highest BCUT2D eigenvalue weighted by Crippen LogP contribution is 2.44. The number of rotatable bonds is 6. The summed E-state index contributed by atoms with van der Waals surface area (Å²) in [5, 5.41) is 12.7. The van der Waals surface area contributed by atoms with Gasteiger partial charge in [-0.15, -0.1) is 11.3 Å². The van der Waals surface area contributed by atoms with Crippen molar-refractivity contribution >= 4 is 103 Å². The quantitative estimate of drug-likeness (QED) is 0.152. The number of nitrogens with zero attached hydrogens (tertiary/aromatic N) is 2. The van der Waals surface area contributed by atoms with E-state index in [1.807, 2.05) is 11.3 Å². The molecule has 11 aromatic carbocycles. The van der Waals surface area contributed by atoms with Gasteiger partial charge in [-0.1, -0.05) is 152 Å². The van der Waals surface area contributed by atoms with Gasteiger partial charge in [0.2, 0.25) is 0 Å². The highest BCUT2D eigenvalue weighted by atomic mass is 32.1. The maximum Gasteiger partial charge on any atom is 0.0541 e. The molecule has 0 unspecified atom stereocenters. The number of para-hydroxylation sites is 1. The molecule has 0 aliphatic rings. The molecule has 0 aliphatic heterocycles. The monoisotopic (exact) mass is 818 g/mol. The van der Waals surface area contributed by atoms with Crippen LogP contribution in [0.2, 0.25) is 0 Å². The summed E-state index contributed by atoms with van der Waals surface area (Å²) in [5.41, 5.74) is 11.7. The predicted octanol–water partition coefficient (Wildman–Crippen LogP) is 17.4. The van der Waals surface area contributed by atoms with E-state index in [1.165, 1.54) is 96.5 Å². The van der Waals surface area contributed by atoms with E-state index in [1.54, 1.807) is 0 Å². The number of benzene rings is 11. The van der Waals surface area contributed by atoms with Crippen LogP contribution < -0.4 is 4.90 Å². The van der Waals surface area contributed by atoms with Crippen molar-refractivity contribution < 1.29 is 0 Å². The van der Waals surface area contributed by atoms with Crippen LogP contribution in [0.3, 0.4) is 0 Å². The van der Waals surface area contributed by atoms with Crippen molar-refractivity contribution in [1.82, 2.24) is 4.57 Å². The van der Waals surface area contributed by atoms with Gasteiger partial charge in [-0.05, 0) is 133 Å². The first-order valence-corrected chi connectivity index (χ1v) is 22.4. The van der Waals surface area contributed by atoms with Gasteiger partial charge < -0.3 is 9.47 Å². The Hall–Kier alpha value is -7.98. The van der Waals surface area contributed by atoms with Crippen molar-refractivity contribution in [3.05, 3.63) is 231 Å². The number of thiophene rings is 1. The third-order valence-electron chi connectivity index (χ3n) is 13.0. The lowest BCUT2D eigenvalue weighted by atomic mass is 9.94. The van der Waals surface area contributed by atoms with E-state index >= 15 is 0 Å². The van der Waals surface area contributed by atoms with Gasteiger partial charge in [0.05, 0.1) is 11.0 Å². The van der Waals surface area contributed by atoms with Gasteiger partial charge in [0.15, 0.2) is 0 Å². The Bertz CT molecular complexity index is 3860. The highest BCUT2D eigenvalue weighted by Gasteiger charge is 2.19. The third-order valence-corrected chi connectivity index (χ3v) is 14.1. The first-order chi connectivity index (χ1) is 31.2. The molecule has 0 aliphatic carbocycles. The Morgan fingerprint density at radius 1 is 0.270 bits per heavy atom. The second-order valence-electron chi connectivity index (χ2n) is 16.5. The van der Waals surface area contributed by atoms with Crippen LogP contribution in [-0.2, 0) is 0 Å². The molecule has 294 valence electrons. The summed E-state index contributed by atoms with van der Waals surface area (Å²) in [6.07, 6.45) is 0. The largest absolute Gasteiger partial charge is 0.310 e. The van der Waals surface area contributed by atoms with Crippen LogP contribution >= 0.6 is 11.3 Å². The van der Waals surface area contributed by atoms with Crippen LogP contribution in [0, 0.1) is 0 Å². The molecule has 2 heterocycles. The Morgan fingerprint density at radius 2 is 0.746 bits per heavy atom. The lowest BCUT2D eigenvalue weighted by Gasteiger charge is -2.26. The molecule has 13 aromatic rings. The molecule has 0 atom stereocenters. The van der Waals surface area contributed by atoms with Gasteiger partial charge in [0.1, 0.15) is 0 Å². The van der Waals surface area contributed by atoms with E-state index in [2.05, 4.69) is 240 Å². The van der Waals surface area contributed by atoms with Gasteiger partial charge in [-0.25, -0.2) is 0 Å². The molecule has 63 heavy (non-hydrogen) atoms. The lowest BCUT2D eigenvalue weighted by Crippen LogP contribution is -2.09. The van der Waals surface area contributed by atoms with E-state index < -0.39 is 0 Å². The maximum absolute atomic E-state index is 2.43. The van der Waals surface area contributed by atoms with Crippen LogP contribution in [0.15, 0.2) is 231 Å². The predicted molar refractivity (Wildman–Crippen MR) is 272 cm³/mol. The van der Waals surface area contributed by atoms with Gasteiger partial charge in [0.25, 0.3) is 0 Å². The summed E-state index contributed by atoms with van der Waals surface area (Å²) >= 11 is 1.86. The molecule has 0 radical (unpaired) electrons. The van der Waals surface area contributed by atoms with Gasteiger partial charge >= 0.3 is 0 Å². The fourth-order valence-electron chi connectivity index (χ4n) is 10.0. The van der Waals surface area contributed by atoms with Crippen LogP contribution in [0.5, 0.6) is 0 Å². The van der Waals surface area contributed by atoms with Gasteiger partial charge in [-0.2, -0.15) is 0 Å². The molecular weight excluding hydrogens is 781 g/mol. The Kier molecular flexibility index (Phi) is 8.12. The number of aromatic nitrogens is 1. The first kappa shape index (κ1) is 35.7. The molecule has 0 spiro atoms. The zero-order valence-corrected chi connectivity index (χ0v) is 35.1. The molecule has 0 fully saturated rings. The average Bonchev–Trinajstić information content (AvgIpc) is 3.90. The molecule has 2 aromatic heterocycles. The van der Waals surface area contributed by atoms with Crippen LogP contribution in [0.25, 0.3) is 102 Å². The second kappa shape index (κ2) is 14.3. The van der Waals surface area contributed by atoms with Crippen molar-refractivity contribution in [2.75, 3.05) is 4.90 Å². The fourth-order valence-corrected chi connectivity index (χ4v) is 11.1. The number of fused-ring (bicyclic) bond motifs is 12. The SMILES string of the molecule is c1ccc(-c2ccc(-n3c4ccccc4c4cc(-c5ccc(N(c6ccc7sc8ccccc8c7c6)c6ccc7c8ccccc8c8ccccc8c7c6)cc5)ccc43)cc2)cc1. The fraction of sp³-hybridized carbons (Fsp3) is 0. The summed E-state index contributed by atoms with van der Waals surface area (Å²) in [6.45, 7) is 0. The topological polar surface area (TPSA) is 8.17 Å². The van der Waals surface area contributed by atoms with E-state index in [0.29, 0.717) is 0 Å². The maximum atomic E-state index is 2.43. The van der Waals surface area contributed by atoms with Crippen LogP contribution in [-0.4, -0.2) is 4.57 Å². The van der Waals surface area contributed by atoms with Crippen molar-refractivity contribution in [3.63, 3.8) is 0 Å². The third kappa shape index (κ3) is 5.78. The molecule has 0 amide bonds. The van der Waals surface area contributed by atoms with E-state index in [0.717, 1.165) is 22.7 Å². The van der Waals surface area contributed by atoms with Crippen molar-refractivity contribution in [2.24, 2.45) is 0 Å². The number of hydrogen-bond donors (Lipinski definition) is 0. The van der Waals surface area contributed by atoms with E-state index in [9.17, 15) is 0 Å². The van der Waals surface area contributed by atoms with E-state index in [-0.39, 0.29) is 0 Å². The first-order valence-electron chi connectivity index (χ1n) is 21.6. The molecule has 0 bridgehead atoms. The molecule has 13 rings (SSSR count). The van der Waals surface area contributed by atoms with Crippen molar-refractivity contribution in [1.29, 1.82) is 0 Å². The molecule has 0 saturated heterocycles. The van der Waals surface area contributed by atoms with Crippen molar-refractivity contribution in [3.8, 4) is 27.9 Å². The molecule has 3 heteroatoms. The molecule has 0 saturated carbocycles. The smallest absolute Gasteiger partial charge is 0.0541 e. The minimum Gasteiger partial charge on any atom is -0.310 e. The summed E-state index contributed by atoms with van der Waals surface area (Å²) in [7, 11) is 0.